The van der Waals surface area contributed by atoms with Crippen molar-refractivity contribution in [2.24, 2.45) is 34.5 Å². The molecule has 4 rings (SSSR count). The van der Waals surface area contributed by atoms with E-state index in [2.05, 4.69) is 94.4 Å². The fraction of sp³-hybridized carbons (Fsp3) is 0.800. The average Bonchev–Trinajstić information content (AvgIpc) is 3.87. The maximum absolute atomic E-state index is 4.92. The highest BCUT2D eigenvalue weighted by molar-refractivity contribution is 5.30. The zero-order valence-electron chi connectivity index (χ0n) is 30.5. The molecule has 0 aromatic heterocycles. The molecule has 0 bridgehead atoms. The molecule has 4 N–H and O–H groups in total. The Balaban J connectivity index is 1.48. The van der Waals surface area contributed by atoms with Gasteiger partial charge in [-0.3, -0.25) is 0 Å². The van der Waals surface area contributed by atoms with Crippen LogP contribution < -0.4 is 21.3 Å². The number of allylic oxidation sites excluding steroid dienone is 1. The van der Waals surface area contributed by atoms with Crippen LogP contribution in [-0.2, 0) is 0 Å². The van der Waals surface area contributed by atoms with Crippen molar-refractivity contribution >= 4 is 0 Å². The SMILES string of the molecule is C=C(CCC(NC(=C)NC(C(=C)N1C[C@H]2[C@@H](C1C(=C)NC(C)CCCC)C2(C)C)C1(C)CCCCCC1)C(C)C)NCC1CC1. The van der Waals surface area contributed by atoms with E-state index in [1.54, 1.807) is 0 Å². The average molecular weight is 622 g/mol. The molecule has 256 valence electrons. The minimum absolute atomic E-state index is 0.128. The molecule has 4 aliphatic rings. The van der Waals surface area contributed by atoms with E-state index < -0.39 is 0 Å². The second-order valence-corrected chi connectivity index (χ2v) is 16.8. The first-order valence-electron chi connectivity index (χ1n) is 18.8. The molecule has 3 aliphatic carbocycles. The number of nitrogens with zero attached hydrogens (tertiary/aromatic N) is 1. The van der Waals surface area contributed by atoms with Gasteiger partial charge in [-0.2, -0.15) is 0 Å². The third kappa shape index (κ3) is 9.07. The van der Waals surface area contributed by atoms with Crippen molar-refractivity contribution in [3.8, 4) is 0 Å². The summed E-state index contributed by atoms with van der Waals surface area (Å²) in [7, 11) is 0. The molecule has 1 aliphatic heterocycles. The summed E-state index contributed by atoms with van der Waals surface area (Å²) in [6.45, 7) is 37.4. The highest BCUT2D eigenvalue weighted by Gasteiger charge is 2.67. The van der Waals surface area contributed by atoms with Gasteiger partial charge in [-0.15, -0.1) is 0 Å². The third-order valence-corrected chi connectivity index (χ3v) is 12.2. The largest absolute Gasteiger partial charge is 0.389 e. The molecule has 0 aromatic carbocycles. The molecule has 45 heavy (non-hydrogen) atoms. The predicted molar refractivity (Wildman–Crippen MR) is 194 cm³/mol. The van der Waals surface area contributed by atoms with Crippen LogP contribution in [0.15, 0.2) is 49.2 Å². The van der Waals surface area contributed by atoms with Gasteiger partial charge in [0.15, 0.2) is 0 Å². The van der Waals surface area contributed by atoms with Gasteiger partial charge in [0.25, 0.3) is 0 Å². The Morgan fingerprint density at radius 3 is 2.16 bits per heavy atom. The molecule has 0 radical (unpaired) electrons. The summed E-state index contributed by atoms with van der Waals surface area (Å²) in [6.07, 6.45) is 16.1. The van der Waals surface area contributed by atoms with Crippen molar-refractivity contribution in [2.45, 2.75) is 156 Å². The van der Waals surface area contributed by atoms with E-state index in [0.29, 0.717) is 41.3 Å². The molecule has 5 heteroatoms. The molecular weight excluding hydrogens is 550 g/mol. The molecule has 0 aromatic rings. The highest BCUT2D eigenvalue weighted by Crippen LogP contribution is 2.66. The first-order valence-corrected chi connectivity index (χ1v) is 18.8. The van der Waals surface area contributed by atoms with Gasteiger partial charge in [-0.05, 0) is 86.4 Å². The zero-order chi connectivity index (χ0) is 32.9. The maximum Gasteiger partial charge on any atom is 0.0920 e. The summed E-state index contributed by atoms with van der Waals surface area (Å²) < 4.78 is 0. The van der Waals surface area contributed by atoms with Gasteiger partial charge < -0.3 is 26.2 Å². The van der Waals surface area contributed by atoms with E-state index in [4.69, 9.17) is 6.58 Å². The second kappa shape index (κ2) is 15.2. The van der Waals surface area contributed by atoms with E-state index in [9.17, 15) is 0 Å². The summed E-state index contributed by atoms with van der Waals surface area (Å²) in [5, 5.41) is 15.3. The summed E-state index contributed by atoms with van der Waals surface area (Å²) in [4.78, 5) is 2.65. The van der Waals surface area contributed by atoms with Crippen LogP contribution in [-0.4, -0.2) is 42.2 Å². The Morgan fingerprint density at radius 1 is 0.889 bits per heavy atom. The molecule has 6 atom stereocenters. The number of rotatable bonds is 20. The Hall–Kier alpha value is -2.04. The van der Waals surface area contributed by atoms with Crippen LogP contribution in [0.3, 0.4) is 0 Å². The van der Waals surface area contributed by atoms with Crippen molar-refractivity contribution in [1.29, 1.82) is 0 Å². The van der Waals surface area contributed by atoms with Crippen LogP contribution in [0.1, 0.15) is 132 Å². The molecular formula is C40H71N5. The maximum atomic E-state index is 4.92. The third-order valence-electron chi connectivity index (χ3n) is 12.2. The molecule has 0 spiro atoms. The number of likely N-dealkylation sites (tertiary alicyclic amines) is 1. The summed E-state index contributed by atoms with van der Waals surface area (Å²) in [5.41, 5.74) is 4.08. The Morgan fingerprint density at radius 2 is 1.56 bits per heavy atom. The molecule has 1 heterocycles. The van der Waals surface area contributed by atoms with Crippen molar-refractivity contribution in [2.75, 3.05) is 13.1 Å². The van der Waals surface area contributed by atoms with E-state index in [1.165, 1.54) is 87.7 Å². The molecule has 4 fully saturated rings. The van der Waals surface area contributed by atoms with Gasteiger partial charge in [0.2, 0.25) is 0 Å². The van der Waals surface area contributed by atoms with Gasteiger partial charge in [-0.1, -0.05) is 106 Å². The number of hydrogen-bond donors (Lipinski definition) is 4. The van der Waals surface area contributed by atoms with Crippen molar-refractivity contribution in [1.82, 2.24) is 26.2 Å². The number of fused-ring (bicyclic) bond motifs is 1. The molecule has 1 saturated heterocycles. The minimum atomic E-state index is 0.128. The topological polar surface area (TPSA) is 51.4 Å². The lowest BCUT2D eigenvalue weighted by atomic mass is 9.74. The second-order valence-electron chi connectivity index (χ2n) is 16.8. The number of unbranched alkanes of at least 4 members (excludes halogenated alkanes) is 1. The number of piperidine rings is 1. The van der Waals surface area contributed by atoms with Gasteiger partial charge in [0.05, 0.1) is 17.9 Å². The van der Waals surface area contributed by atoms with E-state index in [0.717, 1.165) is 37.7 Å². The monoisotopic (exact) mass is 622 g/mol. The molecule has 5 nitrogen and oxygen atoms in total. The number of nitrogens with one attached hydrogen (secondary N) is 4. The molecule has 3 saturated carbocycles. The van der Waals surface area contributed by atoms with E-state index >= 15 is 0 Å². The Kier molecular flexibility index (Phi) is 12.1. The smallest absolute Gasteiger partial charge is 0.0920 e. The first-order chi connectivity index (χ1) is 21.3. The molecule has 4 unspecified atom stereocenters. The van der Waals surface area contributed by atoms with Gasteiger partial charge >= 0.3 is 0 Å². The summed E-state index contributed by atoms with van der Waals surface area (Å²) in [5.74, 6) is 3.62. The Bertz CT molecular complexity index is 1030. The van der Waals surface area contributed by atoms with Crippen LogP contribution in [0.25, 0.3) is 0 Å². The van der Waals surface area contributed by atoms with Crippen molar-refractivity contribution in [3.05, 3.63) is 49.2 Å². The highest BCUT2D eigenvalue weighted by atomic mass is 15.3. The van der Waals surface area contributed by atoms with Crippen molar-refractivity contribution < 1.29 is 0 Å². The lowest BCUT2D eigenvalue weighted by Crippen LogP contribution is -2.53. The number of hydrogen-bond acceptors (Lipinski definition) is 5. The standard InChI is InChI=1S/C40H71N5/c1-12-13-18-29(5)42-30(6)37-36-34(39(36,9)10)26-45(37)31(7)38(40(11)23-16-14-15-17-24-40)44-32(8)43-35(27(2)3)22-19-28(4)41-25-33-20-21-33/h27,29,33-38,41-44H,4,6-8,12-26H2,1-3,5,9-11H3/t29?,34-,35?,36-,37?,38?/m0/s1. The van der Waals surface area contributed by atoms with E-state index in [-0.39, 0.29) is 11.5 Å². The Labute approximate surface area is 278 Å². The minimum Gasteiger partial charge on any atom is -0.389 e. The van der Waals surface area contributed by atoms with Crippen molar-refractivity contribution in [3.63, 3.8) is 0 Å². The van der Waals surface area contributed by atoms with Crippen LogP contribution >= 0.6 is 0 Å². The zero-order valence-corrected chi connectivity index (χ0v) is 30.5. The summed E-state index contributed by atoms with van der Waals surface area (Å²) >= 11 is 0. The van der Waals surface area contributed by atoms with Gasteiger partial charge in [0.1, 0.15) is 0 Å². The molecule has 0 amide bonds. The van der Waals surface area contributed by atoms with Crippen LogP contribution in [0.2, 0.25) is 0 Å². The lowest BCUT2D eigenvalue weighted by Gasteiger charge is -2.46. The predicted octanol–water partition coefficient (Wildman–Crippen LogP) is 8.84. The first kappa shape index (κ1) is 35.8. The lowest BCUT2D eigenvalue weighted by molar-refractivity contribution is 0.157. The van der Waals surface area contributed by atoms with Gasteiger partial charge in [-0.25, -0.2) is 0 Å². The van der Waals surface area contributed by atoms with Crippen LogP contribution in [0.5, 0.6) is 0 Å². The van der Waals surface area contributed by atoms with Gasteiger partial charge in [0, 0.05) is 42.3 Å². The normalized spacial score (nSPS) is 27.0. The fourth-order valence-electron chi connectivity index (χ4n) is 8.66. The fourth-order valence-corrected chi connectivity index (χ4v) is 8.66. The quantitative estimate of drug-likeness (QED) is 0.102. The summed E-state index contributed by atoms with van der Waals surface area (Å²) in [6, 6.07) is 1.20. The van der Waals surface area contributed by atoms with Crippen LogP contribution in [0, 0.1) is 34.5 Å². The van der Waals surface area contributed by atoms with E-state index in [1.807, 2.05) is 0 Å². The van der Waals surface area contributed by atoms with Crippen LogP contribution in [0.4, 0.5) is 0 Å².